The Labute approximate surface area is 121 Å². The summed E-state index contributed by atoms with van der Waals surface area (Å²) in [5, 5.41) is 12.1. The van der Waals surface area contributed by atoms with Crippen molar-refractivity contribution in [1.82, 2.24) is 10.2 Å². The predicted octanol–water partition coefficient (Wildman–Crippen LogP) is 2.71. The van der Waals surface area contributed by atoms with E-state index in [-0.39, 0.29) is 18.6 Å². The van der Waals surface area contributed by atoms with E-state index in [0.717, 1.165) is 12.8 Å². The van der Waals surface area contributed by atoms with E-state index in [1.165, 1.54) is 19.3 Å². The van der Waals surface area contributed by atoms with Crippen LogP contribution in [0.5, 0.6) is 0 Å². The lowest BCUT2D eigenvalue weighted by Gasteiger charge is -2.33. The van der Waals surface area contributed by atoms with Crippen molar-refractivity contribution < 1.29 is 14.7 Å². The highest BCUT2D eigenvalue weighted by Crippen LogP contribution is 2.26. The van der Waals surface area contributed by atoms with Crippen LogP contribution in [0.25, 0.3) is 0 Å². The Morgan fingerprint density at radius 2 is 1.95 bits per heavy atom. The number of hydrogen-bond acceptors (Lipinski definition) is 2. The molecule has 0 heterocycles. The van der Waals surface area contributed by atoms with E-state index >= 15 is 0 Å². The molecule has 0 radical (unpaired) electrons. The van der Waals surface area contributed by atoms with Gasteiger partial charge in [0, 0.05) is 19.1 Å². The van der Waals surface area contributed by atoms with Crippen molar-refractivity contribution in [3.05, 3.63) is 0 Å². The Hall–Kier alpha value is -1.26. The Morgan fingerprint density at radius 1 is 1.30 bits per heavy atom. The number of carboxylic acid groups (broad SMARTS) is 1. The summed E-state index contributed by atoms with van der Waals surface area (Å²) < 4.78 is 0. The van der Waals surface area contributed by atoms with Crippen molar-refractivity contribution in [2.75, 3.05) is 13.1 Å². The summed E-state index contributed by atoms with van der Waals surface area (Å²) in [7, 11) is 0. The number of nitrogens with zero attached hydrogens (tertiary/aromatic N) is 1. The number of hydrogen-bond donors (Lipinski definition) is 2. The van der Waals surface area contributed by atoms with Gasteiger partial charge in [-0.05, 0) is 25.7 Å². The molecule has 0 aliphatic heterocycles. The zero-order valence-corrected chi connectivity index (χ0v) is 12.9. The van der Waals surface area contributed by atoms with Gasteiger partial charge in [-0.1, -0.05) is 33.1 Å². The maximum absolute atomic E-state index is 12.3. The smallest absolute Gasteiger partial charge is 0.317 e. The fourth-order valence-corrected chi connectivity index (χ4v) is 2.90. The van der Waals surface area contributed by atoms with Crippen LogP contribution < -0.4 is 5.32 Å². The first-order valence-electron chi connectivity index (χ1n) is 7.77. The first-order valence-corrected chi connectivity index (χ1v) is 7.77. The molecule has 2 N–H and O–H groups in total. The second-order valence-electron chi connectivity index (χ2n) is 5.79. The molecule has 5 heteroatoms. The van der Waals surface area contributed by atoms with Crippen LogP contribution >= 0.6 is 0 Å². The van der Waals surface area contributed by atoms with E-state index in [9.17, 15) is 9.59 Å². The molecule has 1 rings (SSSR count). The molecule has 1 fully saturated rings. The van der Waals surface area contributed by atoms with Crippen LogP contribution in [0.4, 0.5) is 4.79 Å². The van der Waals surface area contributed by atoms with Crippen LogP contribution in [0.1, 0.15) is 52.9 Å². The molecule has 20 heavy (non-hydrogen) atoms. The zero-order chi connectivity index (χ0) is 15.1. The van der Waals surface area contributed by atoms with Crippen LogP contribution in [0.15, 0.2) is 0 Å². The fraction of sp³-hybridized carbons (Fsp3) is 0.867. The highest BCUT2D eigenvalue weighted by atomic mass is 16.4. The third-order valence-electron chi connectivity index (χ3n) is 4.33. The SMILES string of the molecule is CCC1CCCCC1NC(=O)N(CC)CC(C)C(=O)O. The number of amides is 2. The van der Waals surface area contributed by atoms with E-state index in [4.69, 9.17) is 5.11 Å². The van der Waals surface area contributed by atoms with E-state index in [2.05, 4.69) is 12.2 Å². The van der Waals surface area contributed by atoms with Crippen molar-refractivity contribution in [1.29, 1.82) is 0 Å². The van der Waals surface area contributed by atoms with Crippen LogP contribution in [0.2, 0.25) is 0 Å². The van der Waals surface area contributed by atoms with Gasteiger partial charge in [0.2, 0.25) is 0 Å². The van der Waals surface area contributed by atoms with Gasteiger partial charge in [-0.2, -0.15) is 0 Å². The minimum atomic E-state index is -0.861. The number of nitrogens with one attached hydrogen (secondary N) is 1. The van der Waals surface area contributed by atoms with E-state index in [1.807, 2.05) is 6.92 Å². The van der Waals surface area contributed by atoms with Crippen LogP contribution in [0, 0.1) is 11.8 Å². The van der Waals surface area contributed by atoms with Gasteiger partial charge in [0.25, 0.3) is 0 Å². The van der Waals surface area contributed by atoms with E-state index in [1.54, 1.807) is 11.8 Å². The maximum atomic E-state index is 12.3. The van der Waals surface area contributed by atoms with Gasteiger partial charge in [-0.25, -0.2) is 4.79 Å². The molecule has 116 valence electrons. The lowest BCUT2D eigenvalue weighted by atomic mass is 9.83. The first kappa shape index (κ1) is 16.8. The summed E-state index contributed by atoms with van der Waals surface area (Å²) in [4.78, 5) is 24.8. The number of urea groups is 1. The number of rotatable bonds is 6. The third-order valence-corrected chi connectivity index (χ3v) is 4.33. The quantitative estimate of drug-likeness (QED) is 0.788. The predicted molar refractivity (Wildman–Crippen MR) is 78.6 cm³/mol. The van der Waals surface area contributed by atoms with Gasteiger partial charge >= 0.3 is 12.0 Å². The van der Waals surface area contributed by atoms with Gasteiger partial charge < -0.3 is 15.3 Å². The Morgan fingerprint density at radius 3 is 2.50 bits per heavy atom. The molecular formula is C15H28N2O3. The summed E-state index contributed by atoms with van der Waals surface area (Å²) in [6.07, 6.45) is 5.72. The van der Waals surface area contributed by atoms with Crippen molar-refractivity contribution in [3.8, 4) is 0 Å². The van der Waals surface area contributed by atoms with Crippen molar-refractivity contribution in [2.45, 2.75) is 58.9 Å². The molecule has 0 aromatic rings. The van der Waals surface area contributed by atoms with Gasteiger partial charge in [0.1, 0.15) is 0 Å². The molecule has 1 saturated carbocycles. The van der Waals surface area contributed by atoms with Gasteiger partial charge in [-0.15, -0.1) is 0 Å². The summed E-state index contributed by atoms with van der Waals surface area (Å²) in [6.45, 7) is 6.48. The zero-order valence-electron chi connectivity index (χ0n) is 12.9. The monoisotopic (exact) mass is 284 g/mol. The van der Waals surface area contributed by atoms with E-state index < -0.39 is 11.9 Å². The van der Waals surface area contributed by atoms with Crippen LogP contribution in [0.3, 0.4) is 0 Å². The Kier molecular flexibility index (Phi) is 6.82. The van der Waals surface area contributed by atoms with Crippen molar-refractivity contribution >= 4 is 12.0 Å². The molecule has 3 atom stereocenters. The van der Waals surface area contributed by atoms with Crippen LogP contribution in [-0.4, -0.2) is 41.1 Å². The minimum absolute atomic E-state index is 0.119. The second kappa shape index (κ2) is 8.12. The lowest BCUT2D eigenvalue weighted by molar-refractivity contribution is -0.141. The standard InChI is InChI=1S/C15H28N2O3/c1-4-12-8-6-7-9-13(12)16-15(20)17(5-2)10-11(3)14(18)19/h11-13H,4-10H2,1-3H3,(H,16,20)(H,18,19). The molecule has 1 aliphatic rings. The summed E-state index contributed by atoms with van der Waals surface area (Å²) in [5.74, 6) is -0.835. The van der Waals surface area contributed by atoms with E-state index in [0.29, 0.717) is 12.5 Å². The molecule has 2 amide bonds. The third kappa shape index (κ3) is 4.69. The molecule has 3 unspecified atom stereocenters. The van der Waals surface area contributed by atoms with Crippen LogP contribution in [-0.2, 0) is 4.79 Å². The molecule has 1 aliphatic carbocycles. The van der Waals surface area contributed by atoms with Crippen molar-refractivity contribution in [3.63, 3.8) is 0 Å². The number of aliphatic carboxylic acids is 1. The summed E-state index contributed by atoms with van der Waals surface area (Å²) in [6, 6.07) is 0.126. The lowest BCUT2D eigenvalue weighted by Crippen LogP contribution is -2.49. The average Bonchev–Trinajstić information content (AvgIpc) is 2.44. The molecule has 0 saturated heterocycles. The Balaban J connectivity index is 2.55. The average molecular weight is 284 g/mol. The minimum Gasteiger partial charge on any atom is -0.481 e. The first-order chi connectivity index (χ1) is 9.49. The fourth-order valence-electron chi connectivity index (χ4n) is 2.90. The van der Waals surface area contributed by atoms with Gasteiger partial charge in [0.05, 0.1) is 5.92 Å². The molecule has 0 bridgehead atoms. The highest BCUT2D eigenvalue weighted by Gasteiger charge is 2.27. The maximum Gasteiger partial charge on any atom is 0.317 e. The molecule has 0 aromatic carbocycles. The largest absolute Gasteiger partial charge is 0.481 e. The number of carbonyl (C=O) groups excluding carboxylic acids is 1. The molecule has 0 aromatic heterocycles. The molecular weight excluding hydrogens is 256 g/mol. The van der Waals surface area contributed by atoms with Gasteiger partial charge in [-0.3, -0.25) is 4.79 Å². The summed E-state index contributed by atoms with van der Waals surface area (Å²) in [5.41, 5.74) is 0. The highest BCUT2D eigenvalue weighted by molar-refractivity contribution is 5.76. The van der Waals surface area contributed by atoms with Gasteiger partial charge in [0.15, 0.2) is 0 Å². The van der Waals surface area contributed by atoms with Crippen molar-refractivity contribution in [2.24, 2.45) is 11.8 Å². The normalized spacial score (nSPS) is 23.9. The molecule has 5 nitrogen and oxygen atoms in total. The second-order valence-corrected chi connectivity index (χ2v) is 5.79. The Bertz CT molecular complexity index is 333. The number of carbonyl (C=O) groups is 2. The molecule has 0 spiro atoms. The topological polar surface area (TPSA) is 69.6 Å². The summed E-state index contributed by atoms with van der Waals surface area (Å²) >= 11 is 0. The number of carboxylic acids is 1.